The summed E-state index contributed by atoms with van der Waals surface area (Å²) < 4.78 is 26.8. The molecule has 9 heteroatoms. The van der Waals surface area contributed by atoms with Crippen LogP contribution in [0.15, 0.2) is 46.2 Å². The molecule has 0 spiro atoms. The minimum atomic E-state index is -2.68. The number of carbonyl (C=O) groups excluding carboxylic acids is 2. The van der Waals surface area contributed by atoms with Gasteiger partial charge < -0.3 is 14.8 Å². The third-order valence-corrected chi connectivity index (χ3v) is 5.89. The zero-order valence-corrected chi connectivity index (χ0v) is 17.5. The largest absolute Gasteiger partial charge is 0.339 e. The molecule has 2 amide bonds. The smallest absolute Gasteiger partial charge is 0.288 e. The number of nitrogens with one attached hydrogen (secondary N) is 1. The molecule has 1 aliphatic rings. The number of piperidine rings is 1. The zero-order chi connectivity index (χ0) is 21.8. The third-order valence-electron chi connectivity index (χ3n) is 5.10. The third kappa shape index (κ3) is 5.08. The van der Waals surface area contributed by atoms with E-state index in [1.807, 2.05) is 0 Å². The highest BCUT2D eigenvalue weighted by molar-refractivity contribution is 7.99. The van der Waals surface area contributed by atoms with Crippen molar-refractivity contribution in [2.24, 2.45) is 13.0 Å². The van der Waals surface area contributed by atoms with Crippen molar-refractivity contribution in [3.8, 4) is 0 Å². The number of hydrogen-bond acceptors (Lipinski definition) is 4. The summed E-state index contributed by atoms with van der Waals surface area (Å²) in [7, 11) is 1.49. The fourth-order valence-corrected chi connectivity index (χ4v) is 3.99. The molecule has 1 aromatic carbocycles. The van der Waals surface area contributed by atoms with E-state index in [1.165, 1.54) is 36.0 Å². The number of aryl methyl sites for hydroxylation is 1. The molecular weight excluding hydrogens is 412 g/mol. The van der Waals surface area contributed by atoms with Gasteiger partial charge in [-0.25, -0.2) is 0 Å². The molecule has 0 bridgehead atoms. The first kappa shape index (κ1) is 22.0. The first-order chi connectivity index (χ1) is 14.3. The number of halogens is 2. The van der Waals surface area contributed by atoms with E-state index in [-0.39, 0.29) is 39.4 Å². The van der Waals surface area contributed by atoms with Gasteiger partial charge in [-0.15, -0.1) is 0 Å². The number of amides is 2. The number of alkyl halides is 2. The molecule has 2 heterocycles. The van der Waals surface area contributed by atoms with Gasteiger partial charge in [-0.3, -0.25) is 14.4 Å². The highest BCUT2D eigenvalue weighted by atomic mass is 32.2. The molecule has 0 radical (unpaired) electrons. The second-order valence-corrected chi connectivity index (χ2v) is 8.39. The Kier molecular flexibility index (Phi) is 6.91. The lowest BCUT2D eigenvalue weighted by molar-refractivity contribution is 0.0696. The van der Waals surface area contributed by atoms with Gasteiger partial charge in [-0.05, 0) is 37.0 Å². The molecule has 3 rings (SSSR count). The van der Waals surface area contributed by atoms with Crippen LogP contribution < -0.4 is 10.9 Å². The first-order valence-corrected chi connectivity index (χ1v) is 10.5. The molecule has 160 valence electrons. The van der Waals surface area contributed by atoms with Crippen LogP contribution >= 0.6 is 11.8 Å². The molecule has 0 unspecified atom stereocenters. The van der Waals surface area contributed by atoms with Gasteiger partial charge in [-0.1, -0.05) is 30.8 Å². The summed E-state index contributed by atoms with van der Waals surface area (Å²) >= 11 is 0.260. The van der Waals surface area contributed by atoms with Gasteiger partial charge in [0.2, 0.25) is 0 Å². The SMILES string of the molecule is CC1CCN(C(=O)c2cc(NC(=O)c3ccccc3SC(F)F)c(=O)n(C)c2)CC1. The van der Waals surface area contributed by atoms with Crippen LogP contribution in [0.4, 0.5) is 14.5 Å². The maximum atomic E-state index is 12.9. The number of pyridine rings is 1. The number of rotatable bonds is 5. The molecule has 1 aromatic heterocycles. The number of aromatic nitrogens is 1. The number of anilines is 1. The summed E-state index contributed by atoms with van der Waals surface area (Å²) in [6, 6.07) is 7.29. The van der Waals surface area contributed by atoms with Crippen molar-refractivity contribution in [1.29, 1.82) is 0 Å². The van der Waals surface area contributed by atoms with E-state index in [0.717, 1.165) is 12.8 Å². The van der Waals surface area contributed by atoms with E-state index in [9.17, 15) is 23.2 Å². The summed E-state index contributed by atoms with van der Waals surface area (Å²) in [5.74, 6) is -3.01. The van der Waals surface area contributed by atoms with E-state index in [2.05, 4.69) is 12.2 Å². The molecule has 0 aliphatic carbocycles. The van der Waals surface area contributed by atoms with Crippen molar-refractivity contribution >= 4 is 29.3 Å². The Labute approximate surface area is 177 Å². The Hall–Kier alpha value is -2.68. The monoisotopic (exact) mass is 435 g/mol. The van der Waals surface area contributed by atoms with Gasteiger partial charge in [-0.2, -0.15) is 8.78 Å². The fourth-order valence-electron chi connectivity index (χ4n) is 3.36. The lowest BCUT2D eigenvalue weighted by Gasteiger charge is -2.30. The molecule has 2 aromatic rings. The van der Waals surface area contributed by atoms with E-state index in [0.29, 0.717) is 19.0 Å². The maximum absolute atomic E-state index is 12.9. The zero-order valence-electron chi connectivity index (χ0n) is 16.7. The van der Waals surface area contributed by atoms with E-state index in [4.69, 9.17) is 0 Å². The Morgan fingerprint density at radius 1 is 1.20 bits per heavy atom. The lowest BCUT2D eigenvalue weighted by Crippen LogP contribution is -2.38. The average Bonchev–Trinajstić information content (AvgIpc) is 2.71. The molecule has 0 saturated carbocycles. The fraction of sp³-hybridized carbons (Fsp3) is 0.381. The Morgan fingerprint density at radius 2 is 1.87 bits per heavy atom. The number of carbonyl (C=O) groups is 2. The highest BCUT2D eigenvalue weighted by Gasteiger charge is 2.23. The number of nitrogens with zero attached hydrogens (tertiary/aromatic N) is 2. The topological polar surface area (TPSA) is 71.4 Å². The predicted octanol–water partition coefficient (Wildman–Crippen LogP) is 3.82. The van der Waals surface area contributed by atoms with E-state index in [1.54, 1.807) is 17.0 Å². The van der Waals surface area contributed by atoms with Crippen LogP contribution in [-0.4, -0.2) is 40.1 Å². The quantitative estimate of drug-likeness (QED) is 0.725. The molecule has 0 atom stereocenters. The minimum Gasteiger partial charge on any atom is -0.339 e. The van der Waals surface area contributed by atoms with Crippen molar-refractivity contribution < 1.29 is 18.4 Å². The second kappa shape index (κ2) is 9.42. The maximum Gasteiger partial charge on any atom is 0.288 e. The van der Waals surface area contributed by atoms with Crippen LogP contribution in [-0.2, 0) is 7.05 Å². The van der Waals surface area contributed by atoms with Crippen molar-refractivity contribution in [2.75, 3.05) is 18.4 Å². The molecule has 1 fully saturated rings. The molecule has 1 saturated heterocycles. The first-order valence-electron chi connectivity index (χ1n) is 9.61. The van der Waals surface area contributed by atoms with Crippen LogP contribution in [0.1, 0.15) is 40.5 Å². The Morgan fingerprint density at radius 3 is 2.53 bits per heavy atom. The molecule has 1 aliphatic heterocycles. The van der Waals surface area contributed by atoms with Crippen LogP contribution in [0.5, 0.6) is 0 Å². The van der Waals surface area contributed by atoms with Gasteiger partial charge in [0.15, 0.2) is 0 Å². The Bertz CT molecular complexity index is 1000. The summed E-state index contributed by atoms with van der Waals surface area (Å²) in [6.45, 7) is 3.43. The summed E-state index contributed by atoms with van der Waals surface area (Å²) in [4.78, 5) is 39.9. The number of thioether (sulfide) groups is 1. The number of hydrogen-bond donors (Lipinski definition) is 1. The van der Waals surface area contributed by atoms with Crippen molar-refractivity contribution in [3.05, 3.63) is 58.0 Å². The Balaban J connectivity index is 1.86. The molecule has 1 N–H and O–H groups in total. The normalized spacial score (nSPS) is 14.8. The number of benzene rings is 1. The van der Waals surface area contributed by atoms with Crippen LogP contribution in [0.2, 0.25) is 0 Å². The second-order valence-electron chi connectivity index (χ2n) is 7.36. The van der Waals surface area contributed by atoms with Gasteiger partial charge >= 0.3 is 0 Å². The predicted molar refractivity (Wildman–Crippen MR) is 112 cm³/mol. The van der Waals surface area contributed by atoms with E-state index >= 15 is 0 Å². The number of likely N-dealkylation sites (tertiary alicyclic amines) is 1. The standard InChI is InChI=1S/C21H23F2N3O3S/c1-13-7-9-26(10-8-13)19(28)14-11-16(20(29)25(2)12-14)24-18(27)15-5-3-4-6-17(15)30-21(22)23/h3-6,11-13,21H,7-10H2,1-2H3,(H,24,27). The molecule has 30 heavy (non-hydrogen) atoms. The van der Waals surface area contributed by atoms with Gasteiger partial charge in [0, 0.05) is 31.2 Å². The summed E-state index contributed by atoms with van der Waals surface area (Å²) in [5.41, 5.74) is -0.245. The molecule has 6 nitrogen and oxygen atoms in total. The summed E-state index contributed by atoms with van der Waals surface area (Å²) in [5, 5.41) is 2.48. The van der Waals surface area contributed by atoms with E-state index < -0.39 is 17.2 Å². The minimum absolute atomic E-state index is 0.0339. The van der Waals surface area contributed by atoms with Gasteiger partial charge in [0.05, 0.1) is 11.1 Å². The molecular formula is C21H23F2N3O3S. The average molecular weight is 435 g/mol. The van der Waals surface area contributed by atoms with Crippen molar-refractivity contribution in [2.45, 2.75) is 30.4 Å². The lowest BCUT2D eigenvalue weighted by atomic mass is 9.99. The van der Waals surface area contributed by atoms with Gasteiger partial charge in [0.1, 0.15) is 5.69 Å². The van der Waals surface area contributed by atoms with Crippen LogP contribution in [0.3, 0.4) is 0 Å². The summed E-state index contributed by atoms with van der Waals surface area (Å²) in [6.07, 6.45) is 3.28. The van der Waals surface area contributed by atoms with Crippen molar-refractivity contribution in [3.63, 3.8) is 0 Å². The highest BCUT2D eigenvalue weighted by Crippen LogP contribution is 2.28. The van der Waals surface area contributed by atoms with Crippen LogP contribution in [0, 0.1) is 5.92 Å². The van der Waals surface area contributed by atoms with Gasteiger partial charge in [0.25, 0.3) is 23.1 Å². The van der Waals surface area contributed by atoms with Crippen LogP contribution in [0.25, 0.3) is 0 Å². The van der Waals surface area contributed by atoms with Crippen molar-refractivity contribution in [1.82, 2.24) is 9.47 Å².